The molecule has 0 aromatic carbocycles. The van der Waals surface area contributed by atoms with E-state index < -0.39 is 0 Å². The molecule has 2 saturated carbocycles. The normalized spacial score (nSPS) is 37.6. The molecule has 0 bridgehead atoms. The van der Waals surface area contributed by atoms with Gasteiger partial charge in [-0.1, -0.05) is 6.08 Å². The first-order chi connectivity index (χ1) is 8.83. The molecular weight excluding hydrogens is 225 g/mol. The molecule has 0 spiro atoms. The van der Waals surface area contributed by atoms with Gasteiger partial charge in [0.25, 0.3) is 0 Å². The average Bonchev–Trinajstić information content (AvgIpc) is 2.46. The topological polar surface area (TPSA) is 23.8 Å². The van der Waals surface area contributed by atoms with Gasteiger partial charge in [0.15, 0.2) is 0 Å². The first-order valence-corrected chi connectivity index (χ1v) is 7.48. The van der Waals surface area contributed by atoms with Gasteiger partial charge in [-0.05, 0) is 75.5 Å². The zero-order valence-electron chi connectivity index (χ0n) is 11.2. The molecule has 0 atom stereocenters. The highest BCUT2D eigenvalue weighted by Crippen LogP contribution is 2.41. The molecular formula is C16H24FN. The van der Waals surface area contributed by atoms with E-state index in [4.69, 9.17) is 5.26 Å². The van der Waals surface area contributed by atoms with E-state index in [9.17, 15) is 4.39 Å². The van der Waals surface area contributed by atoms with Gasteiger partial charge >= 0.3 is 0 Å². The van der Waals surface area contributed by atoms with Crippen LogP contribution in [0.25, 0.3) is 0 Å². The van der Waals surface area contributed by atoms with Crippen molar-refractivity contribution in [2.45, 2.75) is 57.8 Å². The summed E-state index contributed by atoms with van der Waals surface area (Å²) in [5, 5.41) is 8.92. The summed E-state index contributed by atoms with van der Waals surface area (Å²) >= 11 is 0. The van der Waals surface area contributed by atoms with Gasteiger partial charge in [-0.15, -0.1) is 0 Å². The van der Waals surface area contributed by atoms with E-state index in [0.29, 0.717) is 18.2 Å². The highest BCUT2D eigenvalue weighted by molar-refractivity contribution is 4.90. The molecule has 0 aliphatic heterocycles. The van der Waals surface area contributed by atoms with Crippen LogP contribution in [0.5, 0.6) is 0 Å². The molecule has 2 fully saturated rings. The lowest BCUT2D eigenvalue weighted by atomic mass is 9.69. The smallest absolute Gasteiger partial charge is 0.0827 e. The van der Waals surface area contributed by atoms with Gasteiger partial charge in [0.1, 0.15) is 0 Å². The lowest BCUT2D eigenvalue weighted by molar-refractivity contribution is 0.157. The molecule has 0 radical (unpaired) electrons. The first kappa shape index (κ1) is 13.6. The first-order valence-electron chi connectivity index (χ1n) is 7.48. The summed E-state index contributed by atoms with van der Waals surface area (Å²) in [4.78, 5) is 0. The van der Waals surface area contributed by atoms with Gasteiger partial charge in [-0.2, -0.15) is 5.26 Å². The van der Waals surface area contributed by atoms with Crippen molar-refractivity contribution >= 4 is 0 Å². The van der Waals surface area contributed by atoms with Gasteiger partial charge in [0.05, 0.1) is 12.4 Å². The van der Waals surface area contributed by atoms with Gasteiger partial charge in [-0.25, -0.2) is 4.39 Å². The second-order valence-electron chi connectivity index (χ2n) is 6.12. The van der Waals surface area contributed by atoms with Crippen molar-refractivity contribution in [1.82, 2.24) is 0 Å². The van der Waals surface area contributed by atoms with Crippen molar-refractivity contribution in [2.24, 2.45) is 23.7 Å². The number of halogens is 1. The monoisotopic (exact) mass is 249 g/mol. The number of allylic oxidation sites excluding steroid dienone is 1. The van der Waals surface area contributed by atoms with Crippen molar-refractivity contribution in [1.29, 1.82) is 5.26 Å². The molecule has 0 heterocycles. The van der Waals surface area contributed by atoms with E-state index in [1.807, 2.05) is 0 Å². The Balaban J connectivity index is 1.72. The second-order valence-corrected chi connectivity index (χ2v) is 6.12. The van der Waals surface area contributed by atoms with Gasteiger partial charge in [-0.3, -0.25) is 0 Å². The van der Waals surface area contributed by atoms with Crippen LogP contribution >= 0.6 is 0 Å². The Morgan fingerprint density at radius 3 is 2.00 bits per heavy atom. The quantitative estimate of drug-likeness (QED) is 0.690. The van der Waals surface area contributed by atoms with Crippen LogP contribution in [0.4, 0.5) is 4.39 Å². The molecule has 2 aliphatic carbocycles. The molecule has 0 amide bonds. The largest absolute Gasteiger partial charge is 0.216 e. The fourth-order valence-corrected chi connectivity index (χ4v) is 3.86. The van der Waals surface area contributed by atoms with E-state index in [0.717, 1.165) is 31.1 Å². The summed E-state index contributed by atoms with van der Waals surface area (Å²) in [7, 11) is 0. The van der Waals surface area contributed by atoms with Crippen molar-refractivity contribution < 1.29 is 4.39 Å². The maximum Gasteiger partial charge on any atom is 0.0827 e. The van der Waals surface area contributed by atoms with Crippen LogP contribution in [-0.4, -0.2) is 0 Å². The van der Waals surface area contributed by atoms with Crippen LogP contribution in [0.1, 0.15) is 57.8 Å². The van der Waals surface area contributed by atoms with E-state index >= 15 is 0 Å². The van der Waals surface area contributed by atoms with Crippen LogP contribution in [0.2, 0.25) is 0 Å². The fraction of sp³-hybridized carbons (Fsp3) is 0.812. The highest BCUT2D eigenvalue weighted by atomic mass is 19.1. The van der Waals surface area contributed by atoms with Crippen LogP contribution in [0.15, 0.2) is 12.4 Å². The molecule has 0 aromatic heterocycles. The molecule has 0 N–H and O–H groups in total. The van der Waals surface area contributed by atoms with E-state index in [1.54, 1.807) is 6.08 Å². The van der Waals surface area contributed by atoms with Crippen LogP contribution < -0.4 is 0 Å². The number of hydrogen-bond acceptors (Lipinski definition) is 1. The zero-order valence-corrected chi connectivity index (χ0v) is 11.2. The Morgan fingerprint density at radius 2 is 1.50 bits per heavy atom. The number of hydrogen-bond donors (Lipinski definition) is 0. The number of nitrogens with zero attached hydrogens (tertiary/aromatic N) is 1. The standard InChI is InChI=1S/C16H24FN/c17-11-1-2-13-3-7-15(8-4-13)16-9-5-14(12-18)6-10-16/h1,11,13-16H,2-10H2/t13-,14-,15-,16-. The lowest BCUT2D eigenvalue weighted by Crippen LogP contribution is -2.25. The molecule has 2 heteroatoms. The summed E-state index contributed by atoms with van der Waals surface area (Å²) in [6.45, 7) is 0. The van der Waals surface area contributed by atoms with E-state index in [2.05, 4.69) is 6.07 Å². The maximum atomic E-state index is 12.0. The van der Waals surface area contributed by atoms with Crippen LogP contribution in [0.3, 0.4) is 0 Å². The molecule has 0 unspecified atom stereocenters. The third kappa shape index (κ3) is 3.57. The SMILES string of the molecule is N#C[C@H]1CC[C@H]([C@H]2CC[C@H](CC=CF)CC2)CC1. The lowest BCUT2D eigenvalue weighted by Gasteiger charge is -2.36. The molecule has 1 nitrogen and oxygen atoms in total. The number of rotatable bonds is 3. The molecule has 0 aromatic rings. The van der Waals surface area contributed by atoms with Gasteiger partial charge in [0, 0.05) is 5.92 Å². The molecule has 18 heavy (non-hydrogen) atoms. The molecule has 100 valence electrons. The Labute approximate surface area is 110 Å². The predicted octanol–water partition coefficient (Wildman–Crippen LogP) is 5.00. The Kier molecular flexibility index (Phi) is 5.23. The summed E-state index contributed by atoms with van der Waals surface area (Å²) in [6.07, 6.45) is 13.2. The molecule has 2 aliphatic rings. The Hall–Kier alpha value is -0.840. The summed E-state index contributed by atoms with van der Waals surface area (Å²) < 4.78 is 12.0. The van der Waals surface area contributed by atoms with Gasteiger partial charge in [0.2, 0.25) is 0 Å². The van der Waals surface area contributed by atoms with Gasteiger partial charge < -0.3 is 0 Å². The van der Waals surface area contributed by atoms with Crippen LogP contribution in [-0.2, 0) is 0 Å². The van der Waals surface area contributed by atoms with Crippen molar-refractivity contribution in [3.63, 3.8) is 0 Å². The minimum Gasteiger partial charge on any atom is -0.216 e. The third-order valence-electron chi connectivity index (χ3n) is 5.07. The summed E-state index contributed by atoms with van der Waals surface area (Å²) in [5.74, 6) is 2.79. The summed E-state index contributed by atoms with van der Waals surface area (Å²) in [5.41, 5.74) is 0. The minimum absolute atomic E-state index is 0.326. The van der Waals surface area contributed by atoms with E-state index in [-0.39, 0.29) is 0 Å². The highest BCUT2D eigenvalue weighted by Gasteiger charge is 2.30. The minimum atomic E-state index is 0.326. The number of nitriles is 1. The van der Waals surface area contributed by atoms with Crippen molar-refractivity contribution in [3.8, 4) is 6.07 Å². The third-order valence-corrected chi connectivity index (χ3v) is 5.07. The van der Waals surface area contributed by atoms with Crippen LogP contribution in [0, 0.1) is 35.0 Å². The predicted molar refractivity (Wildman–Crippen MR) is 71.4 cm³/mol. The van der Waals surface area contributed by atoms with Crippen molar-refractivity contribution in [3.05, 3.63) is 12.4 Å². The Bertz CT molecular complexity index is 302. The molecule has 0 saturated heterocycles. The second kappa shape index (κ2) is 6.92. The summed E-state index contributed by atoms with van der Waals surface area (Å²) in [6, 6.07) is 2.41. The molecule has 2 rings (SSSR count). The zero-order chi connectivity index (χ0) is 12.8. The van der Waals surface area contributed by atoms with E-state index in [1.165, 1.54) is 38.5 Å². The maximum absolute atomic E-state index is 12.0. The average molecular weight is 249 g/mol. The fourth-order valence-electron chi connectivity index (χ4n) is 3.86. The Morgan fingerprint density at radius 1 is 0.944 bits per heavy atom. The van der Waals surface area contributed by atoms with Crippen molar-refractivity contribution in [2.75, 3.05) is 0 Å².